The normalized spacial score (nSPS) is 11.9. The number of ether oxygens (including phenoxy) is 1. The molecule has 2 aromatic carbocycles. The highest BCUT2D eigenvalue weighted by molar-refractivity contribution is 7.89. The summed E-state index contributed by atoms with van der Waals surface area (Å²) in [5, 5.41) is 2.20. The second kappa shape index (κ2) is 8.62. The Labute approximate surface area is 165 Å². The van der Waals surface area contributed by atoms with Crippen molar-refractivity contribution < 1.29 is 35.9 Å². The second-order valence-corrected chi connectivity index (χ2v) is 8.17. The highest BCUT2D eigenvalue weighted by Gasteiger charge is 2.30. The van der Waals surface area contributed by atoms with E-state index < -0.39 is 40.2 Å². The number of carbonyl (C=O) groups excluding carboxylic acids is 2. The van der Waals surface area contributed by atoms with Crippen LogP contribution >= 0.6 is 0 Å². The number of halogens is 3. The number of carbonyl (C=O) groups is 2. The molecule has 2 rings (SSSR count). The summed E-state index contributed by atoms with van der Waals surface area (Å²) in [6, 6.07) is 8.89. The molecule has 2 aromatic rings. The average Bonchev–Trinajstić information content (AvgIpc) is 2.65. The van der Waals surface area contributed by atoms with Gasteiger partial charge in [0.15, 0.2) is 6.61 Å². The lowest BCUT2D eigenvalue weighted by Gasteiger charge is -2.12. The number of anilines is 1. The largest absolute Gasteiger partial charge is 0.452 e. The van der Waals surface area contributed by atoms with E-state index in [2.05, 4.69) is 5.32 Å². The maximum absolute atomic E-state index is 12.7. The van der Waals surface area contributed by atoms with Crippen molar-refractivity contribution in [2.45, 2.75) is 11.1 Å². The molecule has 0 aliphatic carbocycles. The van der Waals surface area contributed by atoms with Crippen molar-refractivity contribution in [3.8, 4) is 0 Å². The van der Waals surface area contributed by atoms with Gasteiger partial charge in [-0.25, -0.2) is 17.5 Å². The Hall–Kier alpha value is -2.92. The molecule has 0 radical (unpaired) electrons. The van der Waals surface area contributed by atoms with Crippen LogP contribution in [0.1, 0.15) is 15.9 Å². The number of esters is 1. The van der Waals surface area contributed by atoms with Gasteiger partial charge in [-0.3, -0.25) is 4.79 Å². The summed E-state index contributed by atoms with van der Waals surface area (Å²) in [7, 11) is -0.933. The fraction of sp³-hybridized carbons (Fsp3) is 0.222. The van der Waals surface area contributed by atoms with E-state index in [4.69, 9.17) is 4.74 Å². The van der Waals surface area contributed by atoms with Gasteiger partial charge in [-0.1, -0.05) is 6.07 Å². The molecule has 0 aromatic heterocycles. The number of nitrogens with one attached hydrogen (secondary N) is 1. The molecule has 29 heavy (non-hydrogen) atoms. The molecule has 11 heteroatoms. The number of benzene rings is 2. The van der Waals surface area contributed by atoms with Gasteiger partial charge in [-0.15, -0.1) is 0 Å². The monoisotopic (exact) mass is 430 g/mol. The Bertz CT molecular complexity index is 1000. The standard InChI is InChI=1S/C18H17F3N2O5S/c1-23(2)29(26,27)15-8-6-12(7-9-15)17(25)28-11-16(24)22-14-5-3-4-13(10-14)18(19,20)21/h3-10H,11H2,1-2H3,(H,22,24). The van der Waals surface area contributed by atoms with Gasteiger partial charge in [-0.05, 0) is 42.5 Å². The average molecular weight is 430 g/mol. The highest BCUT2D eigenvalue weighted by atomic mass is 32.2. The molecule has 1 N–H and O–H groups in total. The Morgan fingerprint density at radius 3 is 2.24 bits per heavy atom. The summed E-state index contributed by atoms with van der Waals surface area (Å²) in [5.74, 6) is -1.72. The van der Waals surface area contributed by atoms with E-state index in [9.17, 15) is 31.2 Å². The van der Waals surface area contributed by atoms with Crippen molar-refractivity contribution in [1.82, 2.24) is 4.31 Å². The lowest BCUT2D eigenvalue weighted by atomic mass is 10.2. The number of amides is 1. The topological polar surface area (TPSA) is 92.8 Å². The summed E-state index contributed by atoms with van der Waals surface area (Å²) in [5.41, 5.74) is -1.02. The number of rotatable bonds is 6. The van der Waals surface area contributed by atoms with Gasteiger partial charge in [0.2, 0.25) is 10.0 Å². The summed E-state index contributed by atoms with van der Waals surface area (Å²) in [6.45, 7) is -0.729. The lowest BCUT2D eigenvalue weighted by molar-refractivity contribution is -0.137. The van der Waals surface area contributed by atoms with Crippen LogP contribution in [-0.2, 0) is 25.7 Å². The Morgan fingerprint density at radius 1 is 1.07 bits per heavy atom. The number of sulfonamides is 1. The zero-order valence-corrected chi connectivity index (χ0v) is 16.2. The molecular weight excluding hydrogens is 413 g/mol. The Balaban J connectivity index is 1.96. The molecule has 0 spiro atoms. The van der Waals surface area contributed by atoms with Gasteiger partial charge in [-0.2, -0.15) is 13.2 Å². The first kappa shape index (κ1) is 22.4. The number of alkyl halides is 3. The van der Waals surface area contributed by atoms with Gasteiger partial charge >= 0.3 is 12.1 Å². The Kier molecular flexibility index (Phi) is 6.65. The SMILES string of the molecule is CN(C)S(=O)(=O)c1ccc(C(=O)OCC(=O)Nc2cccc(C(F)(F)F)c2)cc1. The maximum atomic E-state index is 12.7. The third-order valence-electron chi connectivity index (χ3n) is 3.68. The molecule has 0 bridgehead atoms. The summed E-state index contributed by atoms with van der Waals surface area (Å²) < 4.78 is 67.8. The summed E-state index contributed by atoms with van der Waals surface area (Å²) >= 11 is 0. The minimum atomic E-state index is -4.56. The molecule has 0 saturated heterocycles. The highest BCUT2D eigenvalue weighted by Crippen LogP contribution is 2.30. The van der Waals surface area contributed by atoms with Gasteiger partial charge in [0.05, 0.1) is 16.0 Å². The molecule has 0 fully saturated rings. The van der Waals surface area contributed by atoms with Crippen LogP contribution in [0.15, 0.2) is 53.4 Å². The van der Waals surface area contributed by atoms with Crippen LogP contribution in [0, 0.1) is 0 Å². The second-order valence-electron chi connectivity index (χ2n) is 6.01. The van der Waals surface area contributed by atoms with Crippen molar-refractivity contribution in [1.29, 1.82) is 0 Å². The maximum Gasteiger partial charge on any atom is 0.416 e. The van der Waals surface area contributed by atoms with Gasteiger partial charge in [0, 0.05) is 19.8 Å². The molecule has 156 valence electrons. The molecule has 0 aliphatic heterocycles. The molecule has 0 atom stereocenters. The van der Waals surface area contributed by atoms with E-state index in [0.717, 1.165) is 22.5 Å². The van der Waals surface area contributed by atoms with Crippen molar-refractivity contribution in [3.05, 3.63) is 59.7 Å². The molecule has 0 saturated carbocycles. The van der Waals surface area contributed by atoms with Crippen LogP contribution in [0.2, 0.25) is 0 Å². The number of hydrogen-bond acceptors (Lipinski definition) is 5. The third-order valence-corrected chi connectivity index (χ3v) is 5.51. The minimum Gasteiger partial charge on any atom is -0.452 e. The van der Waals surface area contributed by atoms with E-state index in [1.165, 1.54) is 44.4 Å². The third kappa shape index (κ3) is 5.78. The molecule has 7 nitrogen and oxygen atoms in total. The first-order valence-electron chi connectivity index (χ1n) is 8.08. The quantitative estimate of drug-likeness (QED) is 0.712. The predicted molar refractivity (Wildman–Crippen MR) is 97.7 cm³/mol. The molecule has 1 amide bonds. The number of hydrogen-bond donors (Lipinski definition) is 1. The lowest BCUT2D eigenvalue weighted by Crippen LogP contribution is -2.22. The van der Waals surface area contributed by atoms with Gasteiger partial charge in [0.1, 0.15) is 0 Å². The number of nitrogens with zero attached hydrogens (tertiary/aromatic N) is 1. The summed E-state index contributed by atoms with van der Waals surface area (Å²) in [6.07, 6.45) is -4.56. The zero-order valence-electron chi connectivity index (χ0n) is 15.4. The minimum absolute atomic E-state index is 0.00887. The van der Waals surface area contributed by atoms with E-state index in [0.29, 0.717) is 0 Å². The van der Waals surface area contributed by atoms with Crippen LogP contribution in [0.3, 0.4) is 0 Å². The van der Waals surface area contributed by atoms with Crippen LogP contribution in [0.25, 0.3) is 0 Å². The van der Waals surface area contributed by atoms with Crippen LogP contribution in [0.4, 0.5) is 18.9 Å². The fourth-order valence-electron chi connectivity index (χ4n) is 2.16. The van der Waals surface area contributed by atoms with Crippen molar-refractivity contribution in [3.63, 3.8) is 0 Å². The zero-order chi connectivity index (χ0) is 21.8. The van der Waals surface area contributed by atoms with Crippen LogP contribution < -0.4 is 5.32 Å². The van der Waals surface area contributed by atoms with E-state index >= 15 is 0 Å². The Morgan fingerprint density at radius 2 is 1.69 bits per heavy atom. The van der Waals surface area contributed by atoms with Crippen molar-refractivity contribution >= 4 is 27.6 Å². The van der Waals surface area contributed by atoms with Crippen molar-refractivity contribution in [2.75, 3.05) is 26.0 Å². The first-order chi connectivity index (χ1) is 13.4. The smallest absolute Gasteiger partial charge is 0.416 e. The van der Waals surface area contributed by atoms with E-state index in [-0.39, 0.29) is 16.1 Å². The molecular formula is C18H17F3N2O5S. The first-order valence-corrected chi connectivity index (χ1v) is 9.52. The van der Waals surface area contributed by atoms with E-state index in [1.54, 1.807) is 0 Å². The fourth-order valence-corrected chi connectivity index (χ4v) is 3.06. The molecule has 0 heterocycles. The van der Waals surface area contributed by atoms with Gasteiger partial charge in [0.25, 0.3) is 5.91 Å². The van der Waals surface area contributed by atoms with Gasteiger partial charge < -0.3 is 10.1 Å². The molecule has 0 unspecified atom stereocenters. The summed E-state index contributed by atoms with van der Waals surface area (Å²) in [4.78, 5) is 23.8. The van der Waals surface area contributed by atoms with Crippen LogP contribution in [0.5, 0.6) is 0 Å². The predicted octanol–water partition coefficient (Wildman–Crippen LogP) is 2.75. The van der Waals surface area contributed by atoms with E-state index in [1.807, 2.05) is 0 Å². The van der Waals surface area contributed by atoms with Crippen LogP contribution in [-0.4, -0.2) is 45.3 Å². The molecule has 0 aliphatic rings. The van der Waals surface area contributed by atoms with Crippen molar-refractivity contribution in [2.24, 2.45) is 0 Å².